The predicted octanol–water partition coefficient (Wildman–Crippen LogP) is 2.24. The second-order valence-electron chi connectivity index (χ2n) is 9.30. The third-order valence-electron chi connectivity index (χ3n) is 6.55. The quantitative estimate of drug-likeness (QED) is 0.694. The van der Waals surface area contributed by atoms with E-state index < -0.39 is 21.5 Å². The van der Waals surface area contributed by atoms with Gasteiger partial charge in [-0.15, -0.1) is 0 Å². The number of hydrogen-bond acceptors (Lipinski definition) is 5. The molecular weight excluding hydrogens is 454 g/mol. The Morgan fingerprint density at radius 2 is 1.71 bits per heavy atom. The van der Waals surface area contributed by atoms with Crippen LogP contribution < -0.4 is 14.8 Å². The van der Waals surface area contributed by atoms with E-state index in [0.717, 1.165) is 28.9 Å². The van der Waals surface area contributed by atoms with Gasteiger partial charge in [0.1, 0.15) is 11.5 Å². The number of sulfonamides is 1. The standard InChI is InChI=1S/C25H31N3O5S/c1-18(27-34(2,31)32)23(29)28-13-10-25(11-14-28)17-20-6-4-8-22(16-20)33-21-7-3-5-19(15-21)9-12-26-24(25)30/h3-8,15-16,18,27H,9-14,17H2,1-2H3,(H,26,30). The van der Waals surface area contributed by atoms with E-state index in [1.54, 1.807) is 11.8 Å². The molecule has 4 rings (SSSR count). The molecule has 34 heavy (non-hydrogen) atoms. The zero-order valence-electron chi connectivity index (χ0n) is 19.5. The molecule has 1 atom stereocenters. The maximum atomic E-state index is 13.5. The highest BCUT2D eigenvalue weighted by atomic mass is 32.2. The fraction of sp³-hybridized carbons (Fsp3) is 0.440. The zero-order valence-corrected chi connectivity index (χ0v) is 20.4. The summed E-state index contributed by atoms with van der Waals surface area (Å²) >= 11 is 0. The van der Waals surface area contributed by atoms with E-state index in [1.165, 1.54) is 0 Å². The first-order chi connectivity index (χ1) is 16.1. The number of piperidine rings is 1. The van der Waals surface area contributed by atoms with Crippen LogP contribution in [0.2, 0.25) is 0 Å². The van der Waals surface area contributed by atoms with Crippen molar-refractivity contribution in [2.24, 2.45) is 5.41 Å². The van der Waals surface area contributed by atoms with Crippen LogP contribution in [0.3, 0.4) is 0 Å². The van der Waals surface area contributed by atoms with E-state index in [0.29, 0.717) is 45.3 Å². The van der Waals surface area contributed by atoms with Crippen molar-refractivity contribution in [3.63, 3.8) is 0 Å². The Morgan fingerprint density at radius 3 is 2.35 bits per heavy atom. The van der Waals surface area contributed by atoms with Crippen LogP contribution in [-0.2, 0) is 32.5 Å². The number of carbonyl (C=O) groups is 2. The summed E-state index contributed by atoms with van der Waals surface area (Å²) in [5, 5.41) is 3.12. The Labute approximate surface area is 200 Å². The molecule has 1 spiro atoms. The average molecular weight is 486 g/mol. The Bertz CT molecular complexity index is 1170. The first-order valence-electron chi connectivity index (χ1n) is 11.5. The Morgan fingerprint density at radius 1 is 1.09 bits per heavy atom. The van der Waals surface area contributed by atoms with Crippen LogP contribution in [0.15, 0.2) is 48.5 Å². The lowest BCUT2D eigenvalue weighted by molar-refractivity contribution is -0.141. The number of amides is 2. The molecule has 1 unspecified atom stereocenters. The lowest BCUT2D eigenvalue weighted by atomic mass is 9.72. The first kappa shape index (κ1) is 24.2. The van der Waals surface area contributed by atoms with Gasteiger partial charge in [0.15, 0.2) is 0 Å². The van der Waals surface area contributed by atoms with Crippen LogP contribution >= 0.6 is 0 Å². The van der Waals surface area contributed by atoms with Gasteiger partial charge in [0.2, 0.25) is 21.8 Å². The van der Waals surface area contributed by atoms with Crippen molar-refractivity contribution in [1.29, 1.82) is 0 Å². The number of likely N-dealkylation sites (tertiary alicyclic amines) is 1. The van der Waals surface area contributed by atoms with Crippen molar-refractivity contribution in [3.8, 4) is 11.5 Å². The number of nitrogens with zero attached hydrogens (tertiary/aromatic N) is 1. The maximum Gasteiger partial charge on any atom is 0.240 e. The van der Waals surface area contributed by atoms with Gasteiger partial charge in [0.05, 0.1) is 17.7 Å². The summed E-state index contributed by atoms with van der Waals surface area (Å²) in [4.78, 5) is 27.9. The topological polar surface area (TPSA) is 105 Å². The van der Waals surface area contributed by atoms with Gasteiger partial charge in [-0.2, -0.15) is 0 Å². The van der Waals surface area contributed by atoms with Gasteiger partial charge >= 0.3 is 0 Å². The van der Waals surface area contributed by atoms with Crippen molar-refractivity contribution in [2.45, 2.75) is 38.6 Å². The van der Waals surface area contributed by atoms with Crippen LogP contribution in [0.25, 0.3) is 0 Å². The summed E-state index contributed by atoms with van der Waals surface area (Å²) in [5.74, 6) is 1.19. The fourth-order valence-electron chi connectivity index (χ4n) is 4.80. The van der Waals surface area contributed by atoms with E-state index in [9.17, 15) is 18.0 Å². The van der Waals surface area contributed by atoms with Crippen LogP contribution in [-0.4, -0.2) is 57.1 Å². The minimum atomic E-state index is -3.49. The van der Waals surface area contributed by atoms with Gasteiger partial charge in [-0.25, -0.2) is 13.1 Å². The van der Waals surface area contributed by atoms with Crippen molar-refractivity contribution in [2.75, 3.05) is 25.9 Å². The van der Waals surface area contributed by atoms with Crippen molar-refractivity contribution in [3.05, 3.63) is 59.7 Å². The molecule has 2 aromatic rings. The highest BCUT2D eigenvalue weighted by molar-refractivity contribution is 7.88. The molecule has 0 saturated carbocycles. The van der Waals surface area contributed by atoms with E-state index in [-0.39, 0.29) is 11.8 Å². The van der Waals surface area contributed by atoms with Gasteiger partial charge < -0.3 is 15.0 Å². The Hall–Kier alpha value is -2.91. The lowest BCUT2D eigenvalue weighted by Gasteiger charge is -2.41. The summed E-state index contributed by atoms with van der Waals surface area (Å²) in [6, 6.07) is 14.8. The average Bonchev–Trinajstić information content (AvgIpc) is 2.78. The first-order valence-corrected chi connectivity index (χ1v) is 13.4. The summed E-state index contributed by atoms with van der Waals surface area (Å²) in [6.07, 6.45) is 3.25. The molecule has 2 aliphatic heterocycles. The normalized spacial score (nSPS) is 19.1. The molecule has 0 aromatic heterocycles. The second kappa shape index (κ2) is 9.76. The summed E-state index contributed by atoms with van der Waals surface area (Å²) < 4.78 is 31.5. The summed E-state index contributed by atoms with van der Waals surface area (Å²) in [6.45, 7) is 2.83. The number of nitrogens with one attached hydrogen (secondary N) is 2. The minimum Gasteiger partial charge on any atom is -0.457 e. The molecule has 9 heteroatoms. The van der Waals surface area contributed by atoms with Crippen LogP contribution in [0.4, 0.5) is 0 Å². The largest absolute Gasteiger partial charge is 0.457 e. The fourth-order valence-corrected chi connectivity index (χ4v) is 5.55. The van der Waals surface area contributed by atoms with Crippen LogP contribution in [0.5, 0.6) is 11.5 Å². The highest BCUT2D eigenvalue weighted by Crippen LogP contribution is 2.37. The van der Waals surface area contributed by atoms with Crippen LogP contribution in [0.1, 0.15) is 30.9 Å². The Kier molecular flexibility index (Phi) is 6.95. The molecule has 2 aliphatic rings. The van der Waals surface area contributed by atoms with E-state index >= 15 is 0 Å². The minimum absolute atomic E-state index is 0.0105. The smallest absolute Gasteiger partial charge is 0.240 e. The number of rotatable bonds is 3. The van der Waals surface area contributed by atoms with E-state index in [2.05, 4.69) is 10.0 Å². The molecule has 2 N–H and O–H groups in total. The molecule has 2 amide bonds. The number of fused-ring (bicyclic) bond motifs is 4. The predicted molar refractivity (Wildman–Crippen MR) is 129 cm³/mol. The van der Waals surface area contributed by atoms with Gasteiger partial charge in [-0.1, -0.05) is 24.3 Å². The monoisotopic (exact) mass is 485 g/mol. The molecular formula is C25H31N3O5S. The SMILES string of the molecule is CC(NS(C)(=O)=O)C(=O)N1CCC2(CC1)Cc1cccc(c1)Oc1cccc(c1)CCNC2=O. The Balaban J connectivity index is 1.55. The molecule has 4 bridgehead atoms. The van der Waals surface area contributed by atoms with Crippen molar-refractivity contribution in [1.82, 2.24) is 14.9 Å². The van der Waals surface area contributed by atoms with E-state index in [4.69, 9.17) is 4.74 Å². The third kappa shape index (κ3) is 5.77. The molecule has 0 radical (unpaired) electrons. The molecule has 0 aliphatic carbocycles. The van der Waals surface area contributed by atoms with Gasteiger partial charge in [-0.05, 0) is 68.0 Å². The van der Waals surface area contributed by atoms with Gasteiger partial charge in [0, 0.05) is 19.6 Å². The summed E-state index contributed by atoms with van der Waals surface area (Å²) in [7, 11) is -3.49. The highest BCUT2D eigenvalue weighted by Gasteiger charge is 2.42. The number of hydrogen-bond donors (Lipinski definition) is 2. The molecule has 8 nitrogen and oxygen atoms in total. The maximum absolute atomic E-state index is 13.5. The molecule has 182 valence electrons. The molecule has 1 fully saturated rings. The number of benzene rings is 2. The lowest BCUT2D eigenvalue weighted by Crippen LogP contribution is -2.54. The van der Waals surface area contributed by atoms with Crippen molar-refractivity contribution >= 4 is 21.8 Å². The summed E-state index contributed by atoms with van der Waals surface area (Å²) in [5.41, 5.74) is 1.42. The molecule has 2 aromatic carbocycles. The second-order valence-corrected chi connectivity index (χ2v) is 11.1. The molecule has 2 heterocycles. The zero-order chi connectivity index (χ0) is 24.3. The van der Waals surface area contributed by atoms with Crippen LogP contribution in [0, 0.1) is 5.41 Å². The van der Waals surface area contributed by atoms with Crippen molar-refractivity contribution < 1.29 is 22.7 Å². The number of ether oxygens (including phenoxy) is 1. The molecule has 1 saturated heterocycles. The third-order valence-corrected chi connectivity index (χ3v) is 7.33. The van der Waals surface area contributed by atoms with Gasteiger partial charge in [-0.3, -0.25) is 9.59 Å². The van der Waals surface area contributed by atoms with E-state index in [1.807, 2.05) is 48.5 Å². The van der Waals surface area contributed by atoms with Gasteiger partial charge in [0.25, 0.3) is 0 Å². The number of carbonyl (C=O) groups excluding carboxylic acids is 2.